The number of ether oxygens (including phenoxy) is 4. The summed E-state index contributed by atoms with van der Waals surface area (Å²) >= 11 is 0. The molecule has 0 radical (unpaired) electrons. The van der Waals surface area contributed by atoms with Crippen molar-refractivity contribution in [2.24, 2.45) is 23.2 Å². The molecule has 0 aromatic carbocycles. The van der Waals surface area contributed by atoms with Crippen LogP contribution >= 0.6 is 0 Å². The Morgan fingerprint density at radius 1 is 1.00 bits per heavy atom. The quantitative estimate of drug-likeness (QED) is 0.655. The molecule has 0 bridgehead atoms. The Hall–Kier alpha value is -0.160. The Morgan fingerprint density at radius 2 is 1.89 bits per heavy atom. The summed E-state index contributed by atoms with van der Waals surface area (Å²) in [5.41, 5.74) is 0.208. The molecule has 0 aromatic rings. The maximum atomic E-state index is 6.22. The smallest absolute Gasteiger partial charge is 0.188 e. The van der Waals surface area contributed by atoms with E-state index in [2.05, 4.69) is 0 Å². The molecule has 7 atom stereocenters. The molecule has 1 spiro atoms. The van der Waals surface area contributed by atoms with Crippen LogP contribution in [-0.2, 0) is 18.9 Å². The monoisotopic (exact) mass is 252 g/mol. The van der Waals surface area contributed by atoms with Crippen LogP contribution in [0.25, 0.3) is 0 Å². The van der Waals surface area contributed by atoms with E-state index in [1.165, 1.54) is 12.8 Å². The topological polar surface area (TPSA) is 36.9 Å². The van der Waals surface area contributed by atoms with E-state index < -0.39 is 5.79 Å². The van der Waals surface area contributed by atoms with Gasteiger partial charge in [-0.2, -0.15) is 0 Å². The highest BCUT2D eigenvalue weighted by molar-refractivity contribution is 5.23. The fourth-order valence-corrected chi connectivity index (χ4v) is 5.65. The third kappa shape index (κ3) is 0.942. The van der Waals surface area contributed by atoms with E-state index in [1.54, 1.807) is 0 Å². The van der Waals surface area contributed by atoms with Crippen molar-refractivity contribution in [3.05, 3.63) is 0 Å². The second-order valence-corrected chi connectivity index (χ2v) is 7.04. The zero-order valence-electron chi connectivity index (χ0n) is 10.9. The minimum atomic E-state index is -0.493. The number of rotatable bonds is 0. The van der Waals surface area contributed by atoms with E-state index in [1.807, 2.05) is 13.8 Å². The van der Waals surface area contributed by atoms with Gasteiger partial charge in [-0.25, -0.2) is 0 Å². The van der Waals surface area contributed by atoms with Crippen LogP contribution in [0.1, 0.15) is 26.7 Å². The first kappa shape index (κ1) is 10.6. The van der Waals surface area contributed by atoms with Crippen molar-refractivity contribution in [1.29, 1.82) is 0 Å². The summed E-state index contributed by atoms with van der Waals surface area (Å²) in [6.45, 7) is 5.83. The van der Waals surface area contributed by atoms with Crippen molar-refractivity contribution < 1.29 is 18.9 Å². The van der Waals surface area contributed by atoms with Crippen molar-refractivity contribution in [3.8, 4) is 0 Å². The molecule has 2 saturated carbocycles. The van der Waals surface area contributed by atoms with Gasteiger partial charge < -0.3 is 18.9 Å². The molecule has 0 amide bonds. The highest BCUT2D eigenvalue weighted by Crippen LogP contribution is 2.73. The molecule has 5 aliphatic rings. The van der Waals surface area contributed by atoms with Gasteiger partial charge in [0.05, 0.1) is 19.3 Å². The lowest BCUT2D eigenvalue weighted by Crippen LogP contribution is -2.62. The van der Waals surface area contributed by atoms with Gasteiger partial charge >= 0.3 is 0 Å². The average Bonchev–Trinajstić information content (AvgIpc) is 2.93. The van der Waals surface area contributed by atoms with E-state index in [4.69, 9.17) is 18.9 Å². The molecule has 4 nitrogen and oxygen atoms in total. The lowest BCUT2D eigenvalue weighted by Gasteiger charge is -2.56. The highest BCUT2D eigenvalue weighted by atomic mass is 16.8. The molecule has 100 valence electrons. The summed E-state index contributed by atoms with van der Waals surface area (Å²) in [5.74, 6) is 1.64. The lowest BCUT2D eigenvalue weighted by molar-refractivity contribution is -0.239. The predicted molar refractivity (Wildman–Crippen MR) is 61.7 cm³/mol. The Morgan fingerprint density at radius 3 is 2.78 bits per heavy atom. The van der Waals surface area contributed by atoms with Crippen LogP contribution in [0.2, 0.25) is 0 Å². The Bertz CT molecular complexity index is 401. The molecule has 5 rings (SSSR count). The summed E-state index contributed by atoms with van der Waals surface area (Å²) in [6.07, 6.45) is 2.79. The molecule has 3 heterocycles. The second kappa shape index (κ2) is 2.95. The number of fused-ring (bicyclic) bond motifs is 3. The van der Waals surface area contributed by atoms with Crippen LogP contribution in [0, 0.1) is 23.2 Å². The van der Waals surface area contributed by atoms with Gasteiger partial charge in [0, 0.05) is 5.41 Å². The summed E-state index contributed by atoms with van der Waals surface area (Å²) in [6, 6.07) is 0. The molecule has 5 fully saturated rings. The molecule has 0 unspecified atom stereocenters. The predicted octanol–water partition coefficient (Wildman–Crippen LogP) is 1.54. The second-order valence-electron chi connectivity index (χ2n) is 7.04. The Kier molecular flexibility index (Phi) is 1.74. The van der Waals surface area contributed by atoms with Gasteiger partial charge in [-0.15, -0.1) is 0 Å². The molecule has 2 aliphatic carbocycles. The van der Waals surface area contributed by atoms with E-state index in [-0.39, 0.29) is 17.8 Å². The average molecular weight is 252 g/mol. The van der Waals surface area contributed by atoms with Crippen molar-refractivity contribution >= 4 is 0 Å². The highest BCUT2D eigenvalue weighted by Gasteiger charge is 2.79. The normalized spacial score (nSPS) is 63.0. The van der Waals surface area contributed by atoms with Crippen molar-refractivity contribution in [2.75, 3.05) is 13.2 Å². The van der Waals surface area contributed by atoms with Crippen molar-refractivity contribution in [1.82, 2.24) is 0 Å². The fraction of sp³-hybridized carbons (Fsp3) is 1.00. The van der Waals surface area contributed by atoms with Gasteiger partial charge in [-0.3, -0.25) is 0 Å². The summed E-state index contributed by atoms with van der Waals surface area (Å²) in [5, 5.41) is 0. The summed E-state index contributed by atoms with van der Waals surface area (Å²) in [7, 11) is 0. The molecular formula is C14H20O4. The van der Waals surface area contributed by atoms with Crippen molar-refractivity contribution in [3.63, 3.8) is 0 Å². The first-order valence-electron chi connectivity index (χ1n) is 7.22. The van der Waals surface area contributed by atoms with Crippen molar-refractivity contribution in [2.45, 2.75) is 51.0 Å². The van der Waals surface area contributed by atoms with Gasteiger partial charge in [0.25, 0.3) is 0 Å². The number of hydrogen-bond donors (Lipinski definition) is 0. The molecule has 3 saturated heterocycles. The SMILES string of the molecule is CC1(C)O[C@H]2O[C@@H]3CC[C@H]4[C@@H]5COC[C@@H]5[C@@]34[C@H]2O1. The van der Waals surface area contributed by atoms with Gasteiger partial charge in [0.1, 0.15) is 6.10 Å². The Balaban J connectivity index is 1.58. The maximum absolute atomic E-state index is 6.22. The largest absolute Gasteiger partial charge is 0.381 e. The van der Waals surface area contributed by atoms with Crippen LogP contribution in [0.4, 0.5) is 0 Å². The van der Waals surface area contributed by atoms with Gasteiger partial charge in [0.15, 0.2) is 12.1 Å². The van der Waals surface area contributed by atoms with Crippen LogP contribution in [0.15, 0.2) is 0 Å². The number of hydrogen-bond acceptors (Lipinski definition) is 4. The van der Waals surface area contributed by atoms with Gasteiger partial charge in [0.2, 0.25) is 0 Å². The lowest BCUT2D eigenvalue weighted by atomic mass is 9.47. The fourth-order valence-electron chi connectivity index (χ4n) is 5.65. The van der Waals surface area contributed by atoms with Gasteiger partial charge in [-0.05, 0) is 44.4 Å². The third-order valence-corrected chi connectivity index (χ3v) is 6.07. The molecule has 3 aliphatic heterocycles. The minimum Gasteiger partial charge on any atom is -0.381 e. The van der Waals surface area contributed by atoms with Crippen LogP contribution < -0.4 is 0 Å². The minimum absolute atomic E-state index is 0.132. The zero-order valence-corrected chi connectivity index (χ0v) is 10.9. The van der Waals surface area contributed by atoms with Crippen LogP contribution in [0.5, 0.6) is 0 Å². The molecule has 0 N–H and O–H groups in total. The van der Waals surface area contributed by atoms with E-state index >= 15 is 0 Å². The third-order valence-electron chi connectivity index (χ3n) is 6.07. The molecule has 0 aromatic heterocycles. The van der Waals surface area contributed by atoms with E-state index in [0.717, 1.165) is 25.0 Å². The van der Waals surface area contributed by atoms with Crippen LogP contribution in [0.3, 0.4) is 0 Å². The first-order chi connectivity index (χ1) is 8.63. The standard InChI is InChI=1S/C14H20O4/c1-13(2)17-11-12(18-13)16-10-4-3-8-7-5-15-6-9(7)14(8,10)11/h7-12H,3-6H2,1-2H3/t7-,8-,9-,10+,11-,12+,14+/m0/s1. The Labute approximate surface area is 107 Å². The van der Waals surface area contributed by atoms with Gasteiger partial charge in [-0.1, -0.05) is 0 Å². The summed E-state index contributed by atoms with van der Waals surface area (Å²) < 4.78 is 24.0. The zero-order chi connectivity index (χ0) is 12.1. The molecular weight excluding hydrogens is 232 g/mol. The first-order valence-corrected chi connectivity index (χ1v) is 7.22. The van der Waals surface area contributed by atoms with E-state index in [0.29, 0.717) is 12.0 Å². The van der Waals surface area contributed by atoms with Crippen LogP contribution in [-0.4, -0.2) is 37.5 Å². The molecule has 18 heavy (non-hydrogen) atoms. The molecule has 4 heteroatoms. The summed E-state index contributed by atoms with van der Waals surface area (Å²) in [4.78, 5) is 0. The maximum Gasteiger partial charge on any atom is 0.188 e. The van der Waals surface area contributed by atoms with E-state index in [9.17, 15) is 0 Å².